The van der Waals surface area contributed by atoms with Crippen LogP contribution in [0.5, 0.6) is 0 Å². The largest absolute Gasteiger partial charge is 0.218 e. The second kappa shape index (κ2) is 5.70. The number of H-pyrrole nitrogens is 1. The van der Waals surface area contributed by atoms with Gasteiger partial charge in [-0.1, -0.05) is 18.2 Å². The zero-order valence-corrected chi connectivity index (χ0v) is 15.6. The molecule has 0 radical (unpaired) electrons. The van der Waals surface area contributed by atoms with Gasteiger partial charge < -0.3 is 0 Å². The Morgan fingerprint density at radius 1 is 0.560 bits per heavy atom. The van der Waals surface area contributed by atoms with Crippen LogP contribution in [0.15, 0.2) is 48.7 Å². The number of pyridine rings is 1. The van der Waals surface area contributed by atoms with Crippen LogP contribution in [0.4, 0.5) is 0 Å². The molecule has 0 aliphatic rings. The highest BCUT2D eigenvalue weighted by molar-refractivity contribution is 6.11. The Morgan fingerprint density at radius 3 is 1.88 bits per heavy atom. The summed E-state index contributed by atoms with van der Waals surface area (Å²) in [5.74, 6) is 0. The first-order chi connectivity index (χ1) is 12.0. The summed E-state index contributed by atoms with van der Waals surface area (Å²) in [6.07, 6.45) is 2.07. The number of aromatic amines is 1. The molecule has 0 unspecified atom stereocenters. The van der Waals surface area contributed by atoms with Crippen LogP contribution < -0.4 is 4.98 Å². The van der Waals surface area contributed by atoms with E-state index in [1.54, 1.807) is 0 Å². The van der Waals surface area contributed by atoms with Crippen molar-refractivity contribution in [3.05, 3.63) is 76.5 Å². The van der Waals surface area contributed by atoms with Gasteiger partial charge in [0.1, 0.15) is 0 Å². The lowest BCUT2D eigenvalue weighted by molar-refractivity contribution is -0.362. The van der Waals surface area contributed by atoms with Gasteiger partial charge in [-0.15, -0.1) is 0 Å². The van der Waals surface area contributed by atoms with Crippen LogP contribution in [0.1, 0.15) is 27.8 Å². The lowest BCUT2D eigenvalue weighted by atomic mass is 9.93. The molecular weight excluding hydrogens is 302 g/mol. The summed E-state index contributed by atoms with van der Waals surface area (Å²) in [7, 11) is 0. The summed E-state index contributed by atoms with van der Waals surface area (Å²) >= 11 is 0. The van der Waals surface area contributed by atoms with E-state index in [0.29, 0.717) is 0 Å². The lowest BCUT2D eigenvalue weighted by Gasteiger charge is -2.11. The Balaban J connectivity index is 2.07. The fourth-order valence-corrected chi connectivity index (χ4v) is 3.79. The number of rotatable bonds is 1. The van der Waals surface area contributed by atoms with Gasteiger partial charge in [0.15, 0.2) is 6.20 Å². The van der Waals surface area contributed by atoms with Crippen LogP contribution in [0.2, 0.25) is 0 Å². The normalized spacial score (nSPS) is 11.4. The molecule has 25 heavy (non-hydrogen) atoms. The number of aryl methyl sites for hydroxylation is 4. The molecule has 1 nitrogen and oxygen atoms in total. The molecule has 0 aliphatic heterocycles. The third-order valence-corrected chi connectivity index (χ3v) is 5.75. The second-order valence-electron chi connectivity index (χ2n) is 7.22. The average Bonchev–Trinajstić information content (AvgIpc) is 2.61. The smallest absolute Gasteiger partial charge is 0.211 e. The first-order valence-corrected chi connectivity index (χ1v) is 8.89. The Morgan fingerprint density at radius 2 is 1.16 bits per heavy atom. The van der Waals surface area contributed by atoms with Gasteiger partial charge in [0.2, 0.25) is 5.69 Å². The van der Waals surface area contributed by atoms with E-state index in [1.165, 1.54) is 60.6 Å². The van der Waals surface area contributed by atoms with Crippen molar-refractivity contribution in [1.29, 1.82) is 0 Å². The fraction of sp³-hybridized carbons (Fsp3) is 0.208. The maximum absolute atomic E-state index is 3.49. The average molecular weight is 326 g/mol. The topological polar surface area (TPSA) is 14.1 Å². The summed E-state index contributed by atoms with van der Waals surface area (Å²) in [6, 6.07) is 15.8. The van der Waals surface area contributed by atoms with Crippen molar-refractivity contribution in [3.63, 3.8) is 0 Å². The predicted octanol–water partition coefficient (Wildman–Crippen LogP) is 6.02. The number of benzene rings is 3. The Bertz CT molecular complexity index is 1110. The summed E-state index contributed by atoms with van der Waals surface area (Å²) in [5.41, 5.74) is 9.23. The first kappa shape index (κ1) is 15.8. The minimum Gasteiger partial charge on any atom is -0.211 e. The van der Waals surface area contributed by atoms with E-state index in [2.05, 4.69) is 88.3 Å². The summed E-state index contributed by atoms with van der Waals surface area (Å²) < 4.78 is 0. The molecule has 4 rings (SSSR count). The van der Waals surface area contributed by atoms with Crippen LogP contribution in [0.3, 0.4) is 0 Å². The van der Waals surface area contributed by atoms with Gasteiger partial charge in [-0.2, -0.15) is 0 Å². The quantitative estimate of drug-likeness (QED) is 0.380. The Kier molecular flexibility index (Phi) is 3.61. The van der Waals surface area contributed by atoms with Crippen molar-refractivity contribution in [2.24, 2.45) is 0 Å². The monoisotopic (exact) mass is 326 g/mol. The van der Waals surface area contributed by atoms with Gasteiger partial charge in [-0.25, -0.2) is 4.98 Å². The van der Waals surface area contributed by atoms with E-state index < -0.39 is 0 Å². The lowest BCUT2D eigenvalue weighted by Crippen LogP contribution is -2.07. The van der Waals surface area contributed by atoms with E-state index in [4.69, 9.17) is 0 Å². The Labute approximate surface area is 149 Å². The number of aromatic nitrogens is 1. The zero-order chi connectivity index (χ0) is 17.7. The van der Waals surface area contributed by atoms with Crippen molar-refractivity contribution in [3.8, 4) is 11.3 Å². The standard InChI is InChI=1S/C24H23N/c1-14-6-7-21-20(18(14)5)8-9-23-22(21)10-11-25-24(23)19-12-15(2)17(4)16(3)13-19/h6-13H,1-5H3/p+1. The van der Waals surface area contributed by atoms with Crippen molar-refractivity contribution in [2.75, 3.05) is 0 Å². The minimum atomic E-state index is 1.20. The summed E-state index contributed by atoms with van der Waals surface area (Å²) in [5, 5.41) is 5.27. The van der Waals surface area contributed by atoms with E-state index in [1.807, 2.05) is 0 Å². The predicted molar refractivity (Wildman–Crippen MR) is 107 cm³/mol. The summed E-state index contributed by atoms with van der Waals surface area (Å²) in [6.45, 7) is 11.0. The third kappa shape index (κ3) is 2.42. The van der Waals surface area contributed by atoms with Gasteiger partial charge in [-0.05, 0) is 91.4 Å². The van der Waals surface area contributed by atoms with Crippen LogP contribution in [-0.2, 0) is 0 Å². The molecule has 1 aromatic heterocycles. The highest BCUT2D eigenvalue weighted by Crippen LogP contribution is 2.33. The van der Waals surface area contributed by atoms with Gasteiger partial charge in [-0.3, -0.25) is 0 Å². The van der Waals surface area contributed by atoms with Crippen molar-refractivity contribution in [2.45, 2.75) is 34.6 Å². The molecule has 0 spiro atoms. The number of nitrogens with one attached hydrogen (secondary N) is 1. The molecule has 0 amide bonds. The molecule has 0 atom stereocenters. The van der Waals surface area contributed by atoms with E-state index in [9.17, 15) is 0 Å². The molecule has 0 fully saturated rings. The zero-order valence-electron chi connectivity index (χ0n) is 15.6. The molecular formula is C24H24N+. The van der Waals surface area contributed by atoms with Gasteiger partial charge in [0.25, 0.3) is 0 Å². The third-order valence-electron chi connectivity index (χ3n) is 5.75. The molecule has 1 heterocycles. The van der Waals surface area contributed by atoms with E-state index in [-0.39, 0.29) is 0 Å². The van der Waals surface area contributed by atoms with Gasteiger partial charge in [0, 0.05) is 17.0 Å². The molecule has 124 valence electrons. The van der Waals surface area contributed by atoms with Crippen LogP contribution >= 0.6 is 0 Å². The van der Waals surface area contributed by atoms with Crippen molar-refractivity contribution in [1.82, 2.24) is 0 Å². The fourth-order valence-electron chi connectivity index (χ4n) is 3.79. The Hall–Kier alpha value is -2.67. The van der Waals surface area contributed by atoms with Crippen LogP contribution in [0.25, 0.3) is 32.8 Å². The molecule has 1 heteroatoms. The highest BCUT2D eigenvalue weighted by Gasteiger charge is 2.15. The maximum Gasteiger partial charge on any atom is 0.218 e. The van der Waals surface area contributed by atoms with E-state index in [0.717, 1.165) is 0 Å². The van der Waals surface area contributed by atoms with Crippen molar-refractivity contribution < 1.29 is 4.98 Å². The molecule has 3 aromatic carbocycles. The van der Waals surface area contributed by atoms with E-state index >= 15 is 0 Å². The SMILES string of the molecule is Cc1cc(-c2[nH+]ccc3c2ccc2c(C)c(C)ccc23)cc(C)c1C. The van der Waals surface area contributed by atoms with Gasteiger partial charge in [0.05, 0.1) is 5.39 Å². The van der Waals surface area contributed by atoms with Crippen molar-refractivity contribution >= 4 is 21.5 Å². The second-order valence-corrected chi connectivity index (χ2v) is 7.22. The molecule has 0 bridgehead atoms. The van der Waals surface area contributed by atoms with Gasteiger partial charge >= 0.3 is 0 Å². The van der Waals surface area contributed by atoms with Crippen LogP contribution in [-0.4, -0.2) is 0 Å². The molecule has 0 saturated carbocycles. The molecule has 1 N–H and O–H groups in total. The minimum absolute atomic E-state index is 1.20. The molecule has 4 aromatic rings. The first-order valence-electron chi connectivity index (χ1n) is 8.89. The maximum atomic E-state index is 3.49. The number of hydrogen-bond acceptors (Lipinski definition) is 0. The molecule has 0 aliphatic carbocycles. The van der Waals surface area contributed by atoms with Crippen LogP contribution in [0, 0.1) is 34.6 Å². The number of hydrogen-bond donors (Lipinski definition) is 0. The number of fused-ring (bicyclic) bond motifs is 3. The molecule has 0 saturated heterocycles. The highest BCUT2D eigenvalue weighted by atomic mass is 14.7. The summed E-state index contributed by atoms with van der Waals surface area (Å²) in [4.78, 5) is 3.49.